The lowest BCUT2D eigenvalue weighted by atomic mass is 9.96. The van der Waals surface area contributed by atoms with Crippen molar-refractivity contribution in [2.24, 2.45) is 17.6 Å². The quantitative estimate of drug-likeness (QED) is 0.687. The number of hydrogen-bond acceptors (Lipinski definition) is 4. The van der Waals surface area contributed by atoms with Gasteiger partial charge in [-0.3, -0.25) is 4.68 Å². The predicted octanol–water partition coefficient (Wildman–Crippen LogP) is 1.87. The van der Waals surface area contributed by atoms with E-state index in [0.29, 0.717) is 11.8 Å². The standard InChI is InChI=1S/C15H31N5/c1-5-19(6-2)7-8-20-12-15(11-18-20)17-10-14(9-16)13(3)4/h11-14,17H,5-10,16H2,1-4H3. The van der Waals surface area contributed by atoms with Crippen LogP contribution in [0.5, 0.6) is 0 Å². The molecule has 0 aromatic carbocycles. The van der Waals surface area contributed by atoms with Crippen molar-refractivity contribution >= 4 is 5.69 Å². The second-order valence-electron chi connectivity index (χ2n) is 5.64. The minimum absolute atomic E-state index is 0.508. The fourth-order valence-corrected chi connectivity index (χ4v) is 2.20. The molecule has 0 bridgehead atoms. The molecule has 0 aliphatic heterocycles. The number of anilines is 1. The lowest BCUT2D eigenvalue weighted by Crippen LogP contribution is -2.27. The van der Waals surface area contributed by atoms with E-state index in [0.717, 1.165) is 45.0 Å². The molecule has 1 unspecified atom stereocenters. The summed E-state index contributed by atoms with van der Waals surface area (Å²) in [6.45, 7) is 14.6. The summed E-state index contributed by atoms with van der Waals surface area (Å²) in [5.41, 5.74) is 6.88. The van der Waals surface area contributed by atoms with Gasteiger partial charge in [-0.2, -0.15) is 5.10 Å². The number of hydrogen-bond donors (Lipinski definition) is 2. The van der Waals surface area contributed by atoms with Gasteiger partial charge in [0.1, 0.15) is 0 Å². The third kappa shape index (κ3) is 5.51. The Bertz CT molecular complexity index is 357. The molecule has 0 spiro atoms. The van der Waals surface area contributed by atoms with Gasteiger partial charge >= 0.3 is 0 Å². The molecule has 0 fully saturated rings. The maximum absolute atomic E-state index is 5.79. The highest BCUT2D eigenvalue weighted by atomic mass is 15.3. The Balaban J connectivity index is 2.39. The molecule has 0 saturated heterocycles. The van der Waals surface area contributed by atoms with Crippen molar-refractivity contribution < 1.29 is 0 Å². The fourth-order valence-electron chi connectivity index (χ4n) is 2.20. The van der Waals surface area contributed by atoms with E-state index in [1.54, 1.807) is 0 Å². The molecule has 0 saturated carbocycles. The summed E-state index contributed by atoms with van der Waals surface area (Å²) in [5.74, 6) is 1.11. The van der Waals surface area contributed by atoms with Gasteiger partial charge in [0, 0.05) is 19.3 Å². The van der Waals surface area contributed by atoms with Crippen molar-refractivity contribution in [3.8, 4) is 0 Å². The Labute approximate surface area is 123 Å². The van der Waals surface area contributed by atoms with Crippen molar-refractivity contribution in [2.45, 2.75) is 34.2 Å². The average Bonchev–Trinajstić information content (AvgIpc) is 2.88. The number of rotatable bonds is 10. The predicted molar refractivity (Wildman–Crippen MR) is 85.9 cm³/mol. The zero-order valence-electron chi connectivity index (χ0n) is 13.5. The van der Waals surface area contributed by atoms with Crippen molar-refractivity contribution in [3.05, 3.63) is 12.4 Å². The van der Waals surface area contributed by atoms with Crippen LogP contribution >= 0.6 is 0 Å². The van der Waals surface area contributed by atoms with E-state index < -0.39 is 0 Å². The van der Waals surface area contributed by atoms with E-state index in [1.807, 2.05) is 10.9 Å². The largest absolute Gasteiger partial charge is 0.382 e. The van der Waals surface area contributed by atoms with Gasteiger partial charge in [-0.05, 0) is 31.5 Å². The van der Waals surface area contributed by atoms with Gasteiger partial charge in [-0.15, -0.1) is 0 Å². The summed E-state index contributed by atoms with van der Waals surface area (Å²) in [6, 6.07) is 0. The summed E-state index contributed by atoms with van der Waals surface area (Å²) in [4.78, 5) is 2.40. The molecule has 0 aliphatic carbocycles. The Kier molecular flexibility index (Phi) is 7.62. The first-order valence-electron chi connectivity index (χ1n) is 7.79. The molecule has 116 valence electrons. The Morgan fingerprint density at radius 3 is 2.60 bits per heavy atom. The number of nitrogens with zero attached hydrogens (tertiary/aromatic N) is 3. The molecule has 5 nitrogen and oxygen atoms in total. The van der Waals surface area contributed by atoms with Crippen LogP contribution in [0, 0.1) is 11.8 Å². The first kappa shape index (κ1) is 17.0. The minimum atomic E-state index is 0.508. The number of aromatic nitrogens is 2. The summed E-state index contributed by atoms with van der Waals surface area (Å²) in [7, 11) is 0. The van der Waals surface area contributed by atoms with Crippen LogP contribution < -0.4 is 11.1 Å². The topological polar surface area (TPSA) is 59.1 Å². The summed E-state index contributed by atoms with van der Waals surface area (Å²) in [6.07, 6.45) is 3.98. The second kappa shape index (κ2) is 8.97. The van der Waals surface area contributed by atoms with E-state index in [-0.39, 0.29) is 0 Å². The molecular formula is C15H31N5. The van der Waals surface area contributed by atoms with Gasteiger partial charge in [0.15, 0.2) is 0 Å². The number of likely N-dealkylation sites (N-methyl/N-ethyl adjacent to an activating group) is 1. The van der Waals surface area contributed by atoms with Crippen molar-refractivity contribution in [1.82, 2.24) is 14.7 Å². The first-order chi connectivity index (χ1) is 9.60. The highest BCUT2D eigenvalue weighted by molar-refractivity contribution is 5.38. The highest BCUT2D eigenvalue weighted by Gasteiger charge is 2.11. The summed E-state index contributed by atoms with van der Waals surface area (Å²) >= 11 is 0. The summed E-state index contributed by atoms with van der Waals surface area (Å²) in [5, 5.41) is 7.84. The van der Waals surface area contributed by atoms with E-state index >= 15 is 0 Å². The van der Waals surface area contributed by atoms with Crippen molar-refractivity contribution in [3.63, 3.8) is 0 Å². The van der Waals surface area contributed by atoms with Gasteiger partial charge in [-0.25, -0.2) is 0 Å². The molecule has 1 heterocycles. The molecule has 0 aliphatic rings. The monoisotopic (exact) mass is 281 g/mol. The van der Waals surface area contributed by atoms with Crippen LogP contribution in [-0.2, 0) is 6.54 Å². The van der Waals surface area contributed by atoms with Crippen LogP contribution in [0.15, 0.2) is 12.4 Å². The van der Waals surface area contributed by atoms with Gasteiger partial charge in [-0.1, -0.05) is 27.7 Å². The molecule has 5 heteroatoms. The third-order valence-electron chi connectivity index (χ3n) is 3.99. The van der Waals surface area contributed by atoms with E-state index in [1.165, 1.54) is 0 Å². The maximum atomic E-state index is 5.79. The molecule has 1 aromatic heterocycles. The zero-order valence-corrected chi connectivity index (χ0v) is 13.5. The first-order valence-corrected chi connectivity index (χ1v) is 7.79. The summed E-state index contributed by atoms with van der Waals surface area (Å²) < 4.78 is 2.01. The molecule has 0 amide bonds. The van der Waals surface area contributed by atoms with Gasteiger partial charge in [0.2, 0.25) is 0 Å². The molecule has 3 N–H and O–H groups in total. The SMILES string of the molecule is CCN(CC)CCn1cc(NCC(CN)C(C)C)cn1. The van der Waals surface area contributed by atoms with Crippen molar-refractivity contribution in [2.75, 3.05) is 38.0 Å². The van der Waals surface area contributed by atoms with E-state index in [4.69, 9.17) is 5.73 Å². The van der Waals surface area contributed by atoms with E-state index in [2.05, 4.69) is 49.2 Å². The third-order valence-corrected chi connectivity index (χ3v) is 3.99. The Morgan fingerprint density at radius 1 is 1.35 bits per heavy atom. The fraction of sp³-hybridized carbons (Fsp3) is 0.800. The van der Waals surface area contributed by atoms with Crippen LogP contribution in [0.3, 0.4) is 0 Å². The molecule has 1 aromatic rings. The van der Waals surface area contributed by atoms with E-state index in [9.17, 15) is 0 Å². The average molecular weight is 281 g/mol. The van der Waals surface area contributed by atoms with Crippen LogP contribution in [0.2, 0.25) is 0 Å². The Morgan fingerprint density at radius 2 is 2.05 bits per heavy atom. The molecule has 1 rings (SSSR count). The van der Waals surface area contributed by atoms with Gasteiger partial charge in [0.25, 0.3) is 0 Å². The molecule has 1 atom stereocenters. The number of nitrogens with one attached hydrogen (secondary N) is 1. The Hall–Kier alpha value is -1.07. The van der Waals surface area contributed by atoms with Gasteiger partial charge in [0.05, 0.1) is 18.4 Å². The molecular weight excluding hydrogens is 250 g/mol. The highest BCUT2D eigenvalue weighted by Crippen LogP contribution is 2.12. The van der Waals surface area contributed by atoms with Gasteiger partial charge < -0.3 is 16.0 Å². The smallest absolute Gasteiger partial charge is 0.0726 e. The lowest BCUT2D eigenvalue weighted by Gasteiger charge is -2.19. The zero-order chi connectivity index (χ0) is 15.0. The van der Waals surface area contributed by atoms with Crippen LogP contribution in [0.4, 0.5) is 5.69 Å². The molecule has 0 radical (unpaired) electrons. The minimum Gasteiger partial charge on any atom is -0.382 e. The maximum Gasteiger partial charge on any atom is 0.0726 e. The lowest BCUT2D eigenvalue weighted by molar-refractivity contribution is 0.285. The normalized spacial score (nSPS) is 13.2. The van der Waals surface area contributed by atoms with Crippen LogP contribution in [-0.4, -0.2) is 47.4 Å². The van der Waals surface area contributed by atoms with Crippen molar-refractivity contribution in [1.29, 1.82) is 0 Å². The second-order valence-corrected chi connectivity index (χ2v) is 5.64. The molecule has 20 heavy (non-hydrogen) atoms. The van der Waals surface area contributed by atoms with Crippen LogP contribution in [0.1, 0.15) is 27.7 Å². The number of nitrogens with two attached hydrogens (primary N) is 1. The van der Waals surface area contributed by atoms with Crippen LogP contribution in [0.25, 0.3) is 0 Å².